The SMILES string of the molecule is CCN1CCOC(=O)C1CC(=O)Nc1cccc(Cl)c1. The molecule has 1 aliphatic rings. The molecular weight excluding hydrogens is 280 g/mol. The predicted octanol–water partition coefficient (Wildman–Crippen LogP) is 1.92. The van der Waals surface area contributed by atoms with Crippen LogP contribution in [0.2, 0.25) is 5.02 Å². The van der Waals surface area contributed by atoms with Gasteiger partial charge in [-0.3, -0.25) is 14.5 Å². The Balaban J connectivity index is 1.97. The van der Waals surface area contributed by atoms with Crippen LogP contribution in [0.25, 0.3) is 0 Å². The van der Waals surface area contributed by atoms with Crippen molar-refractivity contribution in [3.63, 3.8) is 0 Å². The van der Waals surface area contributed by atoms with E-state index in [0.717, 1.165) is 0 Å². The maximum absolute atomic E-state index is 12.0. The van der Waals surface area contributed by atoms with Crippen molar-refractivity contribution in [1.82, 2.24) is 4.90 Å². The number of ether oxygens (including phenoxy) is 1. The number of hydrogen-bond donors (Lipinski definition) is 1. The Morgan fingerprint density at radius 3 is 3.05 bits per heavy atom. The van der Waals surface area contributed by atoms with Crippen molar-refractivity contribution in [1.29, 1.82) is 0 Å². The zero-order chi connectivity index (χ0) is 14.5. The number of cyclic esters (lactones) is 1. The second-order valence-corrected chi connectivity index (χ2v) is 5.01. The van der Waals surface area contributed by atoms with Crippen molar-refractivity contribution in [2.24, 2.45) is 0 Å². The van der Waals surface area contributed by atoms with Crippen molar-refractivity contribution in [3.8, 4) is 0 Å². The molecule has 0 saturated carbocycles. The molecule has 1 fully saturated rings. The van der Waals surface area contributed by atoms with Crippen LogP contribution in [-0.2, 0) is 14.3 Å². The number of morpholine rings is 1. The summed E-state index contributed by atoms with van der Waals surface area (Å²) in [6.45, 7) is 3.72. The van der Waals surface area contributed by atoms with Crippen molar-refractivity contribution in [3.05, 3.63) is 29.3 Å². The maximum atomic E-state index is 12.0. The lowest BCUT2D eigenvalue weighted by atomic mass is 10.1. The number of esters is 1. The van der Waals surface area contributed by atoms with Crippen LogP contribution in [0.1, 0.15) is 13.3 Å². The summed E-state index contributed by atoms with van der Waals surface area (Å²) in [4.78, 5) is 25.7. The van der Waals surface area contributed by atoms with Gasteiger partial charge in [0, 0.05) is 17.3 Å². The molecule has 1 aromatic carbocycles. The van der Waals surface area contributed by atoms with Gasteiger partial charge in [0.25, 0.3) is 0 Å². The van der Waals surface area contributed by atoms with E-state index in [0.29, 0.717) is 30.4 Å². The van der Waals surface area contributed by atoms with Crippen molar-refractivity contribution >= 4 is 29.2 Å². The minimum absolute atomic E-state index is 0.0825. The molecular formula is C14H17ClN2O3. The molecule has 2 rings (SSSR count). The molecule has 108 valence electrons. The first-order valence-corrected chi connectivity index (χ1v) is 6.94. The number of benzene rings is 1. The Kier molecular flexibility index (Phi) is 4.98. The van der Waals surface area contributed by atoms with Crippen LogP contribution in [-0.4, -0.2) is 42.5 Å². The minimum Gasteiger partial charge on any atom is -0.463 e. The number of halogens is 1. The molecule has 20 heavy (non-hydrogen) atoms. The zero-order valence-corrected chi connectivity index (χ0v) is 12.0. The molecule has 0 aromatic heterocycles. The summed E-state index contributed by atoms with van der Waals surface area (Å²) in [6.07, 6.45) is 0.0825. The summed E-state index contributed by atoms with van der Waals surface area (Å²) in [5.41, 5.74) is 0.620. The number of likely N-dealkylation sites (N-methyl/N-ethyl adjacent to an activating group) is 1. The second-order valence-electron chi connectivity index (χ2n) is 4.57. The zero-order valence-electron chi connectivity index (χ0n) is 11.3. The van der Waals surface area contributed by atoms with E-state index in [2.05, 4.69) is 5.32 Å². The number of nitrogens with zero attached hydrogens (tertiary/aromatic N) is 1. The van der Waals surface area contributed by atoms with Gasteiger partial charge in [0.05, 0.1) is 6.42 Å². The molecule has 1 aliphatic heterocycles. The number of nitrogens with one attached hydrogen (secondary N) is 1. The Bertz CT molecular complexity index is 507. The van der Waals surface area contributed by atoms with Gasteiger partial charge in [0.2, 0.25) is 5.91 Å². The normalized spacial score (nSPS) is 19.5. The summed E-state index contributed by atoms with van der Waals surface area (Å²) in [5.74, 6) is -0.561. The van der Waals surface area contributed by atoms with Crippen LogP contribution in [0.15, 0.2) is 24.3 Å². The molecule has 1 atom stereocenters. The number of carbonyl (C=O) groups is 2. The third-order valence-corrected chi connectivity index (χ3v) is 3.46. The van der Waals surface area contributed by atoms with Gasteiger partial charge in [-0.25, -0.2) is 0 Å². The van der Waals surface area contributed by atoms with Crippen molar-refractivity contribution < 1.29 is 14.3 Å². The Hall–Kier alpha value is -1.59. The van der Waals surface area contributed by atoms with E-state index in [1.54, 1.807) is 24.3 Å². The largest absolute Gasteiger partial charge is 0.463 e. The van der Waals surface area contributed by atoms with Crippen LogP contribution < -0.4 is 5.32 Å². The van der Waals surface area contributed by atoms with Gasteiger partial charge in [0.1, 0.15) is 12.6 Å². The van der Waals surface area contributed by atoms with Crippen LogP contribution in [0, 0.1) is 0 Å². The second kappa shape index (κ2) is 6.72. The van der Waals surface area contributed by atoms with Crippen LogP contribution in [0.4, 0.5) is 5.69 Å². The summed E-state index contributed by atoms with van der Waals surface area (Å²) in [7, 11) is 0. The number of hydrogen-bond acceptors (Lipinski definition) is 4. The molecule has 1 heterocycles. The highest BCUT2D eigenvalue weighted by molar-refractivity contribution is 6.30. The van der Waals surface area contributed by atoms with E-state index in [-0.39, 0.29) is 18.3 Å². The standard InChI is InChI=1S/C14H17ClN2O3/c1-2-17-6-7-20-14(19)12(17)9-13(18)16-11-5-3-4-10(15)8-11/h3-5,8,12H,2,6-7,9H2,1H3,(H,16,18). The molecule has 6 heteroatoms. The van der Waals surface area contributed by atoms with E-state index < -0.39 is 6.04 Å². The lowest BCUT2D eigenvalue weighted by molar-refractivity contribution is -0.158. The summed E-state index contributed by atoms with van der Waals surface area (Å²) in [6, 6.07) is 6.39. The van der Waals surface area contributed by atoms with Crippen LogP contribution >= 0.6 is 11.6 Å². The van der Waals surface area contributed by atoms with Gasteiger partial charge >= 0.3 is 5.97 Å². The van der Waals surface area contributed by atoms with E-state index in [1.165, 1.54) is 0 Å². The molecule has 0 aliphatic carbocycles. The Morgan fingerprint density at radius 2 is 2.35 bits per heavy atom. The highest BCUT2D eigenvalue weighted by Crippen LogP contribution is 2.17. The number of anilines is 1. The van der Waals surface area contributed by atoms with Crippen LogP contribution in [0.5, 0.6) is 0 Å². The van der Waals surface area contributed by atoms with Crippen molar-refractivity contribution in [2.75, 3.05) is 25.0 Å². The fraction of sp³-hybridized carbons (Fsp3) is 0.429. The van der Waals surface area contributed by atoms with Gasteiger partial charge in [-0.15, -0.1) is 0 Å². The van der Waals surface area contributed by atoms with Gasteiger partial charge < -0.3 is 10.1 Å². The van der Waals surface area contributed by atoms with Gasteiger partial charge in [-0.2, -0.15) is 0 Å². The molecule has 5 nitrogen and oxygen atoms in total. The van der Waals surface area contributed by atoms with Gasteiger partial charge in [-0.1, -0.05) is 24.6 Å². The highest BCUT2D eigenvalue weighted by Gasteiger charge is 2.32. The molecule has 0 radical (unpaired) electrons. The number of rotatable bonds is 4. The highest BCUT2D eigenvalue weighted by atomic mass is 35.5. The molecule has 0 spiro atoms. The third-order valence-electron chi connectivity index (χ3n) is 3.23. The molecule has 0 bridgehead atoms. The first-order chi connectivity index (χ1) is 9.60. The number of carbonyl (C=O) groups excluding carboxylic acids is 2. The van der Waals surface area contributed by atoms with E-state index >= 15 is 0 Å². The van der Waals surface area contributed by atoms with E-state index in [4.69, 9.17) is 16.3 Å². The lowest BCUT2D eigenvalue weighted by Gasteiger charge is -2.32. The Morgan fingerprint density at radius 1 is 1.55 bits per heavy atom. The fourth-order valence-electron chi connectivity index (χ4n) is 2.21. The molecule has 1 saturated heterocycles. The Labute approximate surface area is 122 Å². The first kappa shape index (κ1) is 14.8. The predicted molar refractivity (Wildman–Crippen MR) is 76.7 cm³/mol. The number of amides is 1. The molecule has 1 N–H and O–H groups in total. The topological polar surface area (TPSA) is 58.6 Å². The summed E-state index contributed by atoms with van der Waals surface area (Å²) >= 11 is 5.86. The molecule has 1 amide bonds. The van der Waals surface area contributed by atoms with Crippen LogP contribution in [0.3, 0.4) is 0 Å². The van der Waals surface area contributed by atoms with E-state index in [1.807, 2.05) is 11.8 Å². The monoisotopic (exact) mass is 296 g/mol. The smallest absolute Gasteiger partial charge is 0.323 e. The average Bonchev–Trinajstić information content (AvgIpc) is 2.41. The first-order valence-electron chi connectivity index (χ1n) is 6.56. The van der Waals surface area contributed by atoms with Gasteiger partial charge in [0.15, 0.2) is 0 Å². The summed E-state index contributed by atoms with van der Waals surface area (Å²) < 4.78 is 5.01. The van der Waals surface area contributed by atoms with E-state index in [9.17, 15) is 9.59 Å². The summed E-state index contributed by atoms with van der Waals surface area (Å²) in [5, 5.41) is 3.29. The lowest BCUT2D eigenvalue weighted by Crippen LogP contribution is -2.50. The molecule has 1 unspecified atom stereocenters. The van der Waals surface area contributed by atoms with Crippen molar-refractivity contribution in [2.45, 2.75) is 19.4 Å². The van der Waals surface area contributed by atoms with Gasteiger partial charge in [-0.05, 0) is 24.7 Å². The third kappa shape index (κ3) is 3.71. The molecule has 1 aromatic rings. The average molecular weight is 297 g/mol. The quantitative estimate of drug-likeness (QED) is 0.863. The minimum atomic E-state index is -0.507. The maximum Gasteiger partial charge on any atom is 0.323 e. The fourth-order valence-corrected chi connectivity index (χ4v) is 2.40.